The van der Waals surface area contributed by atoms with Crippen LogP contribution in [0.15, 0.2) is 24.4 Å². The summed E-state index contributed by atoms with van der Waals surface area (Å²) in [4.78, 5) is 2.08. The number of aliphatic hydroxyl groups is 1. The minimum Gasteiger partial charge on any atom is -0.618 e. The average molecular weight is 210 g/mol. The summed E-state index contributed by atoms with van der Waals surface area (Å²) in [7, 11) is 0. The van der Waals surface area contributed by atoms with E-state index in [0.29, 0.717) is 17.0 Å². The molecule has 1 aromatic rings. The Morgan fingerprint density at radius 3 is 2.60 bits per heavy atom. The zero-order chi connectivity index (χ0) is 11.3. The number of hydrogen-bond acceptors (Lipinski definition) is 3. The maximum Gasteiger partial charge on any atom is 0.222 e. The van der Waals surface area contributed by atoms with Gasteiger partial charge in [0.2, 0.25) is 5.69 Å². The highest BCUT2D eigenvalue weighted by atomic mass is 16.5. The van der Waals surface area contributed by atoms with Gasteiger partial charge in [-0.2, -0.15) is 4.73 Å². The van der Waals surface area contributed by atoms with Gasteiger partial charge in [0.25, 0.3) is 0 Å². The van der Waals surface area contributed by atoms with Gasteiger partial charge < -0.3 is 15.2 Å². The van der Waals surface area contributed by atoms with Crippen LogP contribution in [0.3, 0.4) is 0 Å². The number of hydrogen-bond donors (Lipinski definition) is 1. The van der Waals surface area contributed by atoms with E-state index in [1.54, 1.807) is 18.2 Å². The van der Waals surface area contributed by atoms with Crippen LogP contribution in [0.1, 0.15) is 25.6 Å². The monoisotopic (exact) mass is 210 g/mol. The molecule has 1 rings (SSSR count). The van der Waals surface area contributed by atoms with Crippen LogP contribution in [-0.4, -0.2) is 29.6 Å². The average Bonchev–Trinajstić information content (AvgIpc) is 2.26. The number of pyridine rings is 1. The van der Waals surface area contributed by atoms with E-state index in [1.807, 2.05) is 13.8 Å². The summed E-state index contributed by atoms with van der Waals surface area (Å²) in [5, 5.41) is 21.2. The first-order valence-electron chi connectivity index (χ1n) is 5.27. The van der Waals surface area contributed by atoms with Crippen LogP contribution < -0.4 is 4.73 Å². The van der Waals surface area contributed by atoms with E-state index in [0.717, 1.165) is 13.1 Å². The molecule has 84 valence electrons. The van der Waals surface area contributed by atoms with Gasteiger partial charge in [-0.05, 0) is 19.2 Å². The first-order chi connectivity index (χ1) is 7.19. The Bertz CT molecular complexity index is 300. The lowest BCUT2D eigenvalue weighted by atomic mass is 10.2. The number of aromatic nitrogens is 1. The summed E-state index contributed by atoms with van der Waals surface area (Å²) >= 11 is 0. The number of likely N-dealkylation sites (N-methyl/N-ethyl adjacent to an activating group) is 1. The zero-order valence-electron chi connectivity index (χ0n) is 9.26. The zero-order valence-corrected chi connectivity index (χ0v) is 9.26. The Morgan fingerprint density at radius 1 is 1.40 bits per heavy atom. The number of rotatable bonds is 5. The molecule has 0 aromatic carbocycles. The molecule has 0 aliphatic heterocycles. The predicted octanol–water partition coefficient (Wildman–Crippen LogP) is 0.695. The van der Waals surface area contributed by atoms with Gasteiger partial charge in [-0.1, -0.05) is 13.8 Å². The van der Waals surface area contributed by atoms with Crippen molar-refractivity contribution < 1.29 is 9.84 Å². The fourth-order valence-electron chi connectivity index (χ4n) is 1.52. The first-order valence-corrected chi connectivity index (χ1v) is 5.27. The van der Waals surface area contributed by atoms with E-state index in [9.17, 15) is 10.3 Å². The molecule has 0 saturated carbocycles. The fourth-order valence-corrected chi connectivity index (χ4v) is 1.52. The SMILES string of the molecule is CCN(CC)CC(O)c1cccc[n+]1[O-]. The lowest BCUT2D eigenvalue weighted by Gasteiger charge is -2.20. The third-order valence-corrected chi connectivity index (χ3v) is 2.52. The van der Waals surface area contributed by atoms with Crippen LogP contribution in [-0.2, 0) is 0 Å². The van der Waals surface area contributed by atoms with E-state index in [1.165, 1.54) is 6.20 Å². The van der Waals surface area contributed by atoms with Crippen molar-refractivity contribution in [2.24, 2.45) is 0 Å². The van der Waals surface area contributed by atoms with Crippen molar-refractivity contribution in [1.29, 1.82) is 0 Å². The summed E-state index contributed by atoms with van der Waals surface area (Å²) in [5.74, 6) is 0. The minimum absolute atomic E-state index is 0.407. The van der Waals surface area contributed by atoms with Gasteiger partial charge in [-0.3, -0.25) is 0 Å². The third-order valence-electron chi connectivity index (χ3n) is 2.52. The van der Waals surface area contributed by atoms with Crippen molar-refractivity contribution in [3.63, 3.8) is 0 Å². The molecule has 1 atom stereocenters. The summed E-state index contributed by atoms with van der Waals surface area (Å²) in [6, 6.07) is 5.07. The molecule has 0 saturated heterocycles. The molecule has 0 radical (unpaired) electrons. The summed E-state index contributed by atoms with van der Waals surface area (Å²) in [6.07, 6.45) is 0.685. The molecule has 15 heavy (non-hydrogen) atoms. The van der Waals surface area contributed by atoms with E-state index in [2.05, 4.69) is 4.90 Å². The molecule has 0 fully saturated rings. The van der Waals surface area contributed by atoms with Crippen molar-refractivity contribution in [3.8, 4) is 0 Å². The quantitative estimate of drug-likeness (QED) is 0.575. The summed E-state index contributed by atoms with van der Waals surface area (Å²) in [5.41, 5.74) is 0.407. The molecule has 1 N–H and O–H groups in total. The second-order valence-electron chi connectivity index (χ2n) is 3.45. The van der Waals surface area contributed by atoms with Crippen molar-refractivity contribution in [2.75, 3.05) is 19.6 Å². The molecule has 0 amide bonds. The Balaban J connectivity index is 2.68. The highest BCUT2D eigenvalue weighted by molar-refractivity contribution is 5.01. The molecular weight excluding hydrogens is 192 g/mol. The molecule has 0 bridgehead atoms. The third kappa shape index (κ3) is 3.18. The highest BCUT2D eigenvalue weighted by Crippen LogP contribution is 2.09. The summed E-state index contributed by atoms with van der Waals surface area (Å²) < 4.78 is 0.716. The fraction of sp³-hybridized carbons (Fsp3) is 0.545. The van der Waals surface area contributed by atoms with Gasteiger partial charge >= 0.3 is 0 Å². The van der Waals surface area contributed by atoms with E-state index < -0.39 is 6.10 Å². The number of nitrogens with zero attached hydrogens (tertiary/aromatic N) is 2. The van der Waals surface area contributed by atoms with Gasteiger partial charge in [0, 0.05) is 18.7 Å². The van der Waals surface area contributed by atoms with E-state index in [-0.39, 0.29) is 0 Å². The highest BCUT2D eigenvalue weighted by Gasteiger charge is 2.18. The maximum absolute atomic E-state index is 11.4. The molecule has 4 nitrogen and oxygen atoms in total. The van der Waals surface area contributed by atoms with Gasteiger partial charge in [-0.25, -0.2) is 0 Å². The predicted molar refractivity (Wildman–Crippen MR) is 58.1 cm³/mol. The first kappa shape index (κ1) is 11.9. The van der Waals surface area contributed by atoms with E-state index in [4.69, 9.17) is 0 Å². The molecule has 1 heterocycles. The van der Waals surface area contributed by atoms with Crippen molar-refractivity contribution in [2.45, 2.75) is 20.0 Å². The molecule has 1 aromatic heterocycles. The smallest absolute Gasteiger partial charge is 0.222 e. The maximum atomic E-state index is 11.4. The topological polar surface area (TPSA) is 50.4 Å². The summed E-state index contributed by atoms with van der Waals surface area (Å²) in [6.45, 7) is 6.32. The van der Waals surface area contributed by atoms with Crippen molar-refractivity contribution >= 4 is 0 Å². The molecule has 0 aliphatic carbocycles. The van der Waals surface area contributed by atoms with Crippen molar-refractivity contribution in [3.05, 3.63) is 35.3 Å². The Kier molecular flexibility index (Phi) is 4.52. The largest absolute Gasteiger partial charge is 0.618 e. The molecule has 1 unspecified atom stereocenters. The minimum atomic E-state index is -0.719. The Morgan fingerprint density at radius 2 is 2.07 bits per heavy atom. The second-order valence-corrected chi connectivity index (χ2v) is 3.45. The Hall–Kier alpha value is -1.13. The van der Waals surface area contributed by atoms with Crippen LogP contribution in [0.2, 0.25) is 0 Å². The molecule has 0 aliphatic rings. The lowest BCUT2D eigenvalue weighted by Crippen LogP contribution is -2.37. The lowest BCUT2D eigenvalue weighted by molar-refractivity contribution is -0.618. The van der Waals surface area contributed by atoms with Crippen LogP contribution in [0.25, 0.3) is 0 Å². The van der Waals surface area contributed by atoms with Crippen LogP contribution in [0.4, 0.5) is 0 Å². The Labute approximate surface area is 90.4 Å². The molecule has 4 heteroatoms. The van der Waals surface area contributed by atoms with Crippen molar-refractivity contribution in [1.82, 2.24) is 4.90 Å². The second kappa shape index (κ2) is 5.68. The normalized spacial score (nSPS) is 13.1. The van der Waals surface area contributed by atoms with Gasteiger partial charge in [0.15, 0.2) is 12.3 Å². The molecule has 0 spiro atoms. The van der Waals surface area contributed by atoms with Crippen LogP contribution >= 0.6 is 0 Å². The standard InChI is InChI=1S/C11H18N2O2/c1-3-12(4-2)9-11(14)10-7-5-6-8-13(10)15/h5-8,11,14H,3-4,9H2,1-2H3. The van der Waals surface area contributed by atoms with Crippen LogP contribution in [0.5, 0.6) is 0 Å². The van der Waals surface area contributed by atoms with Gasteiger partial charge in [-0.15, -0.1) is 0 Å². The van der Waals surface area contributed by atoms with Gasteiger partial charge in [0.05, 0.1) is 0 Å². The van der Waals surface area contributed by atoms with E-state index >= 15 is 0 Å². The molecular formula is C11H18N2O2. The number of aliphatic hydroxyl groups excluding tert-OH is 1. The van der Waals surface area contributed by atoms with Gasteiger partial charge in [0.1, 0.15) is 0 Å². The van der Waals surface area contributed by atoms with Crippen LogP contribution in [0, 0.1) is 5.21 Å².